The molecular formula is C29H33ClN4O6. The number of halogens is 1. The van der Waals surface area contributed by atoms with E-state index in [2.05, 4.69) is 10.2 Å². The second-order valence-electron chi connectivity index (χ2n) is 10.3. The number of amides is 1. The molecule has 3 aromatic rings. The molecule has 0 radical (unpaired) electrons. The van der Waals surface area contributed by atoms with Crippen LogP contribution in [0.25, 0.3) is 5.69 Å². The Labute approximate surface area is 237 Å². The Morgan fingerprint density at radius 3 is 2.62 bits per heavy atom. The number of hydrogen-bond acceptors (Lipinski definition) is 7. The third-order valence-electron chi connectivity index (χ3n) is 7.51. The van der Waals surface area contributed by atoms with E-state index in [1.165, 1.54) is 4.90 Å². The maximum absolute atomic E-state index is 13.7. The second-order valence-corrected chi connectivity index (χ2v) is 10.8. The van der Waals surface area contributed by atoms with E-state index in [1.54, 1.807) is 26.4 Å². The Morgan fingerprint density at radius 1 is 1.12 bits per heavy atom. The van der Waals surface area contributed by atoms with E-state index in [1.807, 2.05) is 42.7 Å². The van der Waals surface area contributed by atoms with Crippen LogP contribution >= 0.6 is 11.6 Å². The van der Waals surface area contributed by atoms with E-state index in [4.69, 9.17) is 25.8 Å². The molecule has 2 aromatic carbocycles. The Kier molecular flexibility index (Phi) is 8.00. The normalized spacial score (nSPS) is 20.4. The molecular weight excluding hydrogens is 536 g/mol. The Morgan fingerprint density at radius 2 is 1.93 bits per heavy atom. The molecule has 1 saturated heterocycles. The number of carboxylic acids is 1. The molecule has 1 amide bonds. The quantitative estimate of drug-likeness (QED) is 0.419. The number of aromatic nitrogens is 3. The molecule has 5 rings (SSSR count). The van der Waals surface area contributed by atoms with Crippen LogP contribution in [0, 0.1) is 0 Å². The van der Waals surface area contributed by atoms with Gasteiger partial charge >= 0.3 is 5.97 Å². The number of benzene rings is 2. The van der Waals surface area contributed by atoms with E-state index in [0.29, 0.717) is 46.7 Å². The van der Waals surface area contributed by atoms with Crippen LogP contribution in [0.1, 0.15) is 80.4 Å². The summed E-state index contributed by atoms with van der Waals surface area (Å²) in [6.07, 6.45) is 0.284. The fourth-order valence-electron chi connectivity index (χ4n) is 5.64. The summed E-state index contributed by atoms with van der Waals surface area (Å²) < 4.78 is 20.0. The summed E-state index contributed by atoms with van der Waals surface area (Å²) in [4.78, 5) is 27.1. The van der Waals surface area contributed by atoms with Crippen LogP contribution in [0.3, 0.4) is 0 Å². The SMILES string of the molecule is COc1cccc(C2OC(CC(=O)N3CCCCC3C(=O)O)c3nnc(C(C)C)n3-c3ccc(Cl)cc32)c1OC. The number of piperidine rings is 1. The Hall–Kier alpha value is -3.63. The topological polar surface area (TPSA) is 116 Å². The number of carbonyl (C=O) groups is 2. The van der Waals surface area contributed by atoms with Gasteiger partial charge in [0.2, 0.25) is 5.91 Å². The van der Waals surface area contributed by atoms with Gasteiger partial charge in [-0.15, -0.1) is 10.2 Å². The molecule has 212 valence electrons. The largest absolute Gasteiger partial charge is 0.493 e. The average Bonchev–Trinajstić information content (AvgIpc) is 3.35. The zero-order valence-corrected chi connectivity index (χ0v) is 23.7. The van der Waals surface area contributed by atoms with Crippen molar-refractivity contribution in [3.8, 4) is 17.2 Å². The molecule has 3 atom stereocenters. The first-order valence-corrected chi connectivity index (χ1v) is 13.8. The number of nitrogens with zero attached hydrogens (tertiary/aromatic N) is 4. The summed E-state index contributed by atoms with van der Waals surface area (Å²) >= 11 is 6.52. The van der Waals surface area contributed by atoms with Gasteiger partial charge in [-0.05, 0) is 43.5 Å². The van der Waals surface area contributed by atoms with Crippen molar-refractivity contribution in [2.24, 2.45) is 0 Å². The first-order valence-electron chi connectivity index (χ1n) is 13.4. The number of aliphatic carboxylic acids is 1. The maximum atomic E-state index is 13.7. The first kappa shape index (κ1) is 27.9. The van der Waals surface area contributed by atoms with Crippen molar-refractivity contribution in [3.05, 3.63) is 64.2 Å². The van der Waals surface area contributed by atoms with Gasteiger partial charge in [0.15, 0.2) is 17.3 Å². The Bertz CT molecular complexity index is 1420. The zero-order chi connectivity index (χ0) is 28.6. The lowest BCUT2D eigenvalue weighted by Gasteiger charge is -2.34. The number of likely N-dealkylation sites (tertiary alicyclic amines) is 1. The number of carboxylic acid groups (broad SMARTS) is 1. The van der Waals surface area contributed by atoms with Gasteiger partial charge in [-0.1, -0.05) is 37.6 Å². The fraction of sp³-hybridized carbons (Fsp3) is 0.448. The van der Waals surface area contributed by atoms with Gasteiger partial charge in [0.1, 0.15) is 24.1 Å². The molecule has 1 N–H and O–H groups in total. The molecule has 10 nitrogen and oxygen atoms in total. The molecule has 0 aliphatic carbocycles. The molecule has 2 aliphatic heterocycles. The fourth-order valence-corrected chi connectivity index (χ4v) is 5.82. The van der Waals surface area contributed by atoms with Crippen LogP contribution in [-0.4, -0.2) is 63.5 Å². The van der Waals surface area contributed by atoms with Crippen molar-refractivity contribution in [1.82, 2.24) is 19.7 Å². The predicted octanol–water partition coefficient (Wildman–Crippen LogP) is 5.08. The highest BCUT2D eigenvalue weighted by Gasteiger charge is 2.39. The standard InChI is InChI=1S/C29H33ClN4O6/c1-16(2)27-31-32-28-23(15-24(35)33-13-6-5-9-21(33)29(36)37)40-25(18-8-7-10-22(38-3)26(18)39-4)19-14-17(30)11-12-20(19)34(27)28/h7-8,10-12,14,16,21,23,25H,5-6,9,13,15H2,1-4H3,(H,36,37). The van der Waals surface area contributed by atoms with Crippen molar-refractivity contribution in [2.45, 2.75) is 63.7 Å². The summed E-state index contributed by atoms with van der Waals surface area (Å²) in [6.45, 7) is 4.43. The lowest BCUT2D eigenvalue weighted by molar-refractivity contribution is -0.153. The van der Waals surface area contributed by atoms with Crippen LogP contribution in [0.4, 0.5) is 0 Å². The highest BCUT2D eigenvalue weighted by atomic mass is 35.5. The lowest BCUT2D eigenvalue weighted by Crippen LogP contribution is -2.48. The van der Waals surface area contributed by atoms with Crippen LogP contribution in [-0.2, 0) is 14.3 Å². The maximum Gasteiger partial charge on any atom is 0.326 e. The molecule has 11 heteroatoms. The summed E-state index contributed by atoms with van der Waals surface area (Å²) in [7, 11) is 3.13. The van der Waals surface area contributed by atoms with E-state index < -0.39 is 24.2 Å². The van der Waals surface area contributed by atoms with Crippen LogP contribution in [0.15, 0.2) is 36.4 Å². The van der Waals surface area contributed by atoms with E-state index in [0.717, 1.165) is 24.1 Å². The van der Waals surface area contributed by atoms with E-state index in [9.17, 15) is 14.7 Å². The van der Waals surface area contributed by atoms with Gasteiger partial charge in [-0.2, -0.15) is 0 Å². The van der Waals surface area contributed by atoms with Gasteiger partial charge in [0.05, 0.1) is 26.3 Å². The number of para-hydroxylation sites is 1. The number of methoxy groups -OCH3 is 2. The van der Waals surface area contributed by atoms with Gasteiger partial charge in [-0.3, -0.25) is 9.36 Å². The smallest absolute Gasteiger partial charge is 0.326 e. The van der Waals surface area contributed by atoms with Gasteiger partial charge in [-0.25, -0.2) is 4.79 Å². The van der Waals surface area contributed by atoms with Crippen molar-refractivity contribution >= 4 is 23.5 Å². The zero-order valence-electron chi connectivity index (χ0n) is 23.0. The van der Waals surface area contributed by atoms with E-state index in [-0.39, 0.29) is 18.2 Å². The van der Waals surface area contributed by atoms with Gasteiger partial charge in [0, 0.05) is 28.6 Å². The lowest BCUT2D eigenvalue weighted by atomic mass is 9.98. The molecule has 0 spiro atoms. The third kappa shape index (κ3) is 5.01. The van der Waals surface area contributed by atoms with Crippen molar-refractivity contribution in [1.29, 1.82) is 0 Å². The van der Waals surface area contributed by atoms with Gasteiger partial charge in [0.25, 0.3) is 0 Å². The number of ether oxygens (including phenoxy) is 3. The van der Waals surface area contributed by atoms with Crippen molar-refractivity contribution < 1.29 is 28.9 Å². The number of rotatable bonds is 7. The molecule has 2 aliphatic rings. The molecule has 0 saturated carbocycles. The Balaban J connectivity index is 1.67. The van der Waals surface area contributed by atoms with E-state index >= 15 is 0 Å². The van der Waals surface area contributed by atoms with Crippen LogP contribution in [0.5, 0.6) is 11.5 Å². The molecule has 3 unspecified atom stereocenters. The van der Waals surface area contributed by atoms with Crippen LogP contribution < -0.4 is 9.47 Å². The highest BCUT2D eigenvalue weighted by Crippen LogP contribution is 2.46. The molecule has 1 fully saturated rings. The summed E-state index contributed by atoms with van der Waals surface area (Å²) in [5, 5.41) is 19.3. The average molecular weight is 569 g/mol. The van der Waals surface area contributed by atoms with Gasteiger partial charge < -0.3 is 24.2 Å². The minimum atomic E-state index is -0.999. The predicted molar refractivity (Wildman–Crippen MR) is 147 cm³/mol. The first-order chi connectivity index (χ1) is 19.2. The van der Waals surface area contributed by atoms with Crippen molar-refractivity contribution in [2.75, 3.05) is 20.8 Å². The summed E-state index contributed by atoms with van der Waals surface area (Å²) in [6, 6.07) is 10.2. The monoisotopic (exact) mass is 568 g/mol. The molecule has 0 bridgehead atoms. The number of hydrogen-bond donors (Lipinski definition) is 1. The van der Waals surface area contributed by atoms with Crippen molar-refractivity contribution in [3.63, 3.8) is 0 Å². The summed E-state index contributed by atoms with van der Waals surface area (Å²) in [5.74, 6) is 0.911. The highest BCUT2D eigenvalue weighted by molar-refractivity contribution is 6.30. The molecule has 1 aromatic heterocycles. The number of fused-ring (bicyclic) bond motifs is 3. The molecule has 3 heterocycles. The third-order valence-corrected chi connectivity index (χ3v) is 7.75. The molecule has 40 heavy (non-hydrogen) atoms. The van der Waals surface area contributed by atoms with Crippen LogP contribution in [0.2, 0.25) is 5.02 Å². The second kappa shape index (κ2) is 11.5. The minimum absolute atomic E-state index is 0.0162. The number of carbonyl (C=O) groups excluding carboxylic acids is 1. The summed E-state index contributed by atoms with van der Waals surface area (Å²) in [5.41, 5.74) is 2.21. The minimum Gasteiger partial charge on any atom is -0.493 e.